The van der Waals surface area contributed by atoms with Gasteiger partial charge in [-0.3, -0.25) is 4.79 Å². The second-order valence-electron chi connectivity index (χ2n) is 6.69. The lowest BCUT2D eigenvalue weighted by atomic mass is 10.2. The Labute approximate surface area is 144 Å². The molecule has 3 rings (SSSR count). The zero-order valence-electron chi connectivity index (χ0n) is 15.0. The molecule has 3 heterocycles. The first kappa shape index (κ1) is 17.1. The molecule has 7 heteroatoms. The average molecular weight is 332 g/mol. The Morgan fingerprint density at radius 2 is 1.75 bits per heavy atom. The van der Waals surface area contributed by atoms with Gasteiger partial charge in [-0.05, 0) is 20.5 Å². The van der Waals surface area contributed by atoms with Gasteiger partial charge >= 0.3 is 0 Å². The van der Waals surface area contributed by atoms with Crippen molar-refractivity contribution >= 4 is 11.9 Å². The normalized spacial score (nSPS) is 20.5. The average Bonchev–Trinajstić information content (AvgIpc) is 2.62. The van der Waals surface area contributed by atoms with E-state index in [1.165, 1.54) is 0 Å². The third-order valence-electron chi connectivity index (χ3n) is 5.09. The lowest BCUT2D eigenvalue weighted by Crippen LogP contribution is -2.48. The Kier molecular flexibility index (Phi) is 5.30. The Balaban J connectivity index is 1.67. The van der Waals surface area contributed by atoms with Crippen molar-refractivity contribution in [3.05, 3.63) is 17.5 Å². The number of aromatic nitrogens is 2. The van der Waals surface area contributed by atoms with Gasteiger partial charge in [-0.25, -0.2) is 9.97 Å². The lowest BCUT2D eigenvalue weighted by molar-refractivity contribution is 0.0641. The Hall–Kier alpha value is -1.73. The topological polar surface area (TPSA) is 55.8 Å². The first-order chi connectivity index (χ1) is 11.6. The summed E-state index contributed by atoms with van der Waals surface area (Å²) < 4.78 is 0. The molecule has 1 amide bonds. The SMILES string of the molecule is CCN1CCN(C(=O)c2cnc(N3CCN(C)CC3)nc2C)CC1. The first-order valence-corrected chi connectivity index (χ1v) is 8.87. The number of anilines is 1. The Bertz CT molecular complexity index is 576. The number of amides is 1. The monoisotopic (exact) mass is 332 g/mol. The molecule has 0 bridgehead atoms. The van der Waals surface area contributed by atoms with Crippen molar-refractivity contribution in [3.63, 3.8) is 0 Å². The minimum atomic E-state index is 0.0631. The van der Waals surface area contributed by atoms with Crippen molar-refractivity contribution in [1.82, 2.24) is 24.7 Å². The summed E-state index contributed by atoms with van der Waals surface area (Å²) in [5, 5.41) is 0. The van der Waals surface area contributed by atoms with Crippen molar-refractivity contribution in [2.45, 2.75) is 13.8 Å². The Morgan fingerprint density at radius 3 is 2.33 bits per heavy atom. The fraction of sp³-hybridized carbons (Fsp3) is 0.706. The molecule has 0 unspecified atom stereocenters. The van der Waals surface area contributed by atoms with Crippen molar-refractivity contribution in [3.8, 4) is 0 Å². The summed E-state index contributed by atoms with van der Waals surface area (Å²) in [7, 11) is 2.13. The molecule has 0 radical (unpaired) electrons. The highest BCUT2D eigenvalue weighted by atomic mass is 16.2. The summed E-state index contributed by atoms with van der Waals surface area (Å²) in [6.45, 7) is 12.5. The maximum atomic E-state index is 12.8. The van der Waals surface area contributed by atoms with Crippen LogP contribution in [0.3, 0.4) is 0 Å². The van der Waals surface area contributed by atoms with Crippen LogP contribution in [0.5, 0.6) is 0 Å². The van der Waals surface area contributed by atoms with Crippen LogP contribution in [0.15, 0.2) is 6.20 Å². The van der Waals surface area contributed by atoms with Gasteiger partial charge in [0, 0.05) is 58.6 Å². The van der Waals surface area contributed by atoms with Gasteiger partial charge in [-0.2, -0.15) is 0 Å². The van der Waals surface area contributed by atoms with E-state index in [9.17, 15) is 4.79 Å². The molecule has 0 N–H and O–H groups in total. The molecule has 2 aliphatic rings. The van der Waals surface area contributed by atoms with Gasteiger partial charge in [0.2, 0.25) is 5.95 Å². The zero-order valence-corrected chi connectivity index (χ0v) is 15.0. The molecule has 0 aromatic carbocycles. The van der Waals surface area contributed by atoms with Crippen LogP contribution >= 0.6 is 0 Å². The number of carbonyl (C=O) groups excluding carboxylic acids is 1. The molecule has 1 aromatic rings. The largest absolute Gasteiger partial charge is 0.338 e. The summed E-state index contributed by atoms with van der Waals surface area (Å²) >= 11 is 0. The molecule has 0 atom stereocenters. The smallest absolute Gasteiger partial charge is 0.257 e. The van der Waals surface area contributed by atoms with Crippen molar-refractivity contribution < 1.29 is 4.79 Å². The van der Waals surface area contributed by atoms with E-state index in [0.717, 1.165) is 70.5 Å². The molecule has 2 saturated heterocycles. The van der Waals surface area contributed by atoms with Crippen LogP contribution in [0.1, 0.15) is 23.0 Å². The van der Waals surface area contributed by atoms with E-state index in [4.69, 9.17) is 0 Å². The van der Waals surface area contributed by atoms with Crippen LogP contribution < -0.4 is 4.90 Å². The fourth-order valence-electron chi connectivity index (χ4n) is 3.26. The van der Waals surface area contributed by atoms with Gasteiger partial charge in [0.25, 0.3) is 5.91 Å². The number of nitrogens with zero attached hydrogens (tertiary/aromatic N) is 6. The molecule has 0 spiro atoms. The Morgan fingerprint density at radius 1 is 1.08 bits per heavy atom. The molecule has 2 aliphatic heterocycles. The summed E-state index contributed by atoms with van der Waals surface area (Å²) in [6.07, 6.45) is 1.71. The van der Waals surface area contributed by atoms with Gasteiger partial charge in [-0.1, -0.05) is 6.92 Å². The molecule has 132 valence electrons. The first-order valence-electron chi connectivity index (χ1n) is 8.87. The summed E-state index contributed by atoms with van der Waals surface area (Å²) in [5.74, 6) is 0.807. The fourth-order valence-corrected chi connectivity index (χ4v) is 3.26. The number of hydrogen-bond donors (Lipinski definition) is 0. The second-order valence-corrected chi connectivity index (χ2v) is 6.69. The third-order valence-corrected chi connectivity index (χ3v) is 5.09. The highest BCUT2D eigenvalue weighted by Gasteiger charge is 2.24. The predicted octanol–water partition coefficient (Wildman–Crippen LogP) is 0.315. The lowest BCUT2D eigenvalue weighted by Gasteiger charge is -2.34. The predicted molar refractivity (Wildman–Crippen MR) is 94.5 cm³/mol. The van der Waals surface area contributed by atoms with Gasteiger partial charge in [-0.15, -0.1) is 0 Å². The molecule has 1 aromatic heterocycles. The zero-order chi connectivity index (χ0) is 17.1. The van der Waals surface area contributed by atoms with Gasteiger partial charge in [0.1, 0.15) is 0 Å². The van der Waals surface area contributed by atoms with Crippen LogP contribution in [0, 0.1) is 6.92 Å². The van der Waals surface area contributed by atoms with Crippen LogP contribution in [0.4, 0.5) is 5.95 Å². The van der Waals surface area contributed by atoms with E-state index < -0.39 is 0 Å². The molecule has 7 nitrogen and oxygen atoms in total. The van der Waals surface area contributed by atoms with E-state index in [1.54, 1.807) is 6.20 Å². The maximum absolute atomic E-state index is 12.8. The molecule has 24 heavy (non-hydrogen) atoms. The number of carbonyl (C=O) groups is 1. The van der Waals surface area contributed by atoms with E-state index in [-0.39, 0.29) is 5.91 Å². The number of hydrogen-bond acceptors (Lipinski definition) is 6. The number of rotatable bonds is 3. The van der Waals surface area contributed by atoms with Crippen LogP contribution in [-0.4, -0.2) is 96.5 Å². The number of piperazine rings is 2. The second kappa shape index (κ2) is 7.44. The molecule has 2 fully saturated rings. The van der Waals surface area contributed by atoms with Gasteiger partial charge in [0.05, 0.1) is 11.3 Å². The summed E-state index contributed by atoms with van der Waals surface area (Å²) in [4.78, 5) is 30.6. The minimum absolute atomic E-state index is 0.0631. The van der Waals surface area contributed by atoms with Crippen LogP contribution in [0.25, 0.3) is 0 Å². The van der Waals surface area contributed by atoms with E-state index >= 15 is 0 Å². The van der Waals surface area contributed by atoms with Crippen LogP contribution in [0.2, 0.25) is 0 Å². The van der Waals surface area contributed by atoms with Crippen molar-refractivity contribution in [2.24, 2.45) is 0 Å². The summed E-state index contributed by atoms with van der Waals surface area (Å²) in [5.41, 5.74) is 1.42. The molecular weight excluding hydrogens is 304 g/mol. The van der Waals surface area contributed by atoms with Gasteiger partial charge in [0.15, 0.2) is 0 Å². The molecule has 0 saturated carbocycles. The third kappa shape index (κ3) is 3.67. The summed E-state index contributed by atoms with van der Waals surface area (Å²) in [6, 6.07) is 0. The van der Waals surface area contributed by atoms with Crippen LogP contribution in [-0.2, 0) is 0 Å². The van der Waals surface area contributed by atoms with Crippen molar-refractivity contribution in [2.75, 3.05) is 70.9 Å². The highest BCUT2D eigenvalue weighted by Crippen LogP contribution is 2.16. The van der Waals surface area contributed by atoms with E-state index in [0.29, 0.717) is 5.56 Å². The minimum Gasteiger partial charge on any atom is -0.338 e. The number of aryl methyl sites for hydroxylation is 1. The quantitative estimate of drug-likeness (QED) is 0.794. The van der Waals surface area contributed by atoms with E-state index in [2.05, 4.69) is 38.6 Å². The number of likely N-dealkylation sites (N-methyl/N-ethyl adjacent to an activating group) is 2. The van der Waals surface area contributed by atoms with E-state index in [1.807, 2.05) is 11.8 Å². The standard InChI is InChI=1S/C17H28N6O/c1-4-21-7-11-22(12-8-21)16(24)15-13-18-17(19-14(15)2)23-9-5-20(3)6-10-23/h13H,4-12H2,1-3H3. The maximum Gasteiger partial charge on any atom is 0.257 e. The van der Waals surface area contributed by atoms with Crippen molar-refractivity contribution in [1.29, 1.82) is 0 Å². The molecule has 0 aliphatic carbocycles. The highest BCUT2D eigenvalue weighted by molar-refractivity contribution is 5.95. The molecular formula is C17H28N6O. The van der Waals surface area contributed by atoms with Gasteiger partial charge < -0.3 is 19.6 Å².